The first-order valence-corrected chi connectivity index (χ1v) is 10.7. The van der Waals surface area contributed by atoms with Crippen molar-refractivity contribution in [3.8, 4) is 0 Å². The minimum absolute atomic E-state index is 0.0248. The molecule has 2 rings (SSSR count). The van der Waals surface area contributed by atoms with Gasteiger partial charge in [0.15, 0.2) is 6.10 Å². The molecule has 0 fully saturated rings. The fourth-order valence-corrected chi connectivity index (χ4v) is 4.09. The number of nitrogens with zero attached hydrogens (tertiary/aromatic N) is 1. The average Bonchev–Trinajstić information content (AvgIpc) is 2.72. The first kappa shape index (κ1) is 23.9. The van der Waals surface area contributed by atoms with Crippen LogP contribution >= 0.6 is 11.6 Å². The summed E-state index contributed by atoms with van der Waals surface area (Å²) in [5.74, 6) is -1.87. The van der Waals surface area contributed by atoms with Crippen LogP contribution in [0.2, 0.25) is 5.02 Å². The van der Waals surface area contributed by atoms with Gasteiger partial charge in [-0.2, -0.15) is 0 Å². The summed E-state index contributed by atoms with van der Waals surface area (Å²) >= 11 is 5.88. The third-order valence-corrected chi connectivity index (χ3v) is 6.01. The number of hydrogen-bond donors (Lipinski definition) is 2. The van der Waals surface area contributed by atoms with Gasteiger partial charge >= 0.3 is 12.0 Å². The Hall–Kier alpha value is -3.37. The first-order valence-electron chi connectivity index (χ1n) is 8.86. The number of anilines is 1. The molecular weight excluding hydrogens is 446 g/mol. The molecule has 3 amide bonds. The molecule has 31 heavy (non-hydrogen) atoms. The lowest BCUT2D eigenvalue weighted by Gasteiger charge is -2.23. The molecule has 0 aromatic heterocycles. The van der Waals surface area contributed by atoms with Gasteiger partial charge in [-0.25, -0.2) is 18.0 Å². The van der Waals surface area contributed by atoms with E-state index < -0.39 is 34.0 Å². The van der Waals surface area contributed by atoms with Crippen molar-refractivity contribution in [1.82, 2.24) is 5.32 Å². The van der Waals surface area contributed by atoms with Crippen LogP contribution in [0.1, 0.15) is 17.3 Å². The number of ether oxygens (including phenoxy) is 1. The molecule has 0 heterocycles. The van der Waals surface area contributed by atoms with E-state index in [-0.39, 0.29) is 17.0 Å². The molecule has 3 N–H and O–H groups in total. The Morgan fingerprint density at radius 3 is 2.45 bits per heavy atom. The number of benzene rings is 2. The molecule has 1 unspecified atom stereocenters. The van der Waals surface area contributed by atoms with Gasteiger partial charge in [0.2, 0.25) is 0 Å². The van der Waals surface area contributed by atoms with Gasteiger partial charge in [0.1, 0.15) is 0 Å². The van der Waals surface area contributed by atoms with E-state index in [2.05, 4.69) is 6.58 Å². The van der Waals surface area contributed by atoms with Crippen molar-refractivity contribution >= 4 is 45.2 Å². The summed E-state index contributed by atoms with van der Waals surface area (Å²) in [5, 5.41) is 2.23. The van der Waals surface area contributed by atoms with Gasteiger partial charge in [-0.3, -0.25) is 14.4 Å². The Morgan fingerprint density at radius 1 is 1.23 bits per heavy atom. The minimum Gasteiger partial charge on any atom is -0.449 e. The highest BCUT2D eigenvalue weighted by molar-refractivity contribution is 7.92. The Kier molecular flexibility index (Phi) is 7.78. The van der Waals surface area contributed by atoms with Crippen LogP contribution in [0.15, 0.2) is 66.1 Å². The van der Waals surface area contributed by atoms with E-state index in [4.69, 9.17) is 22.1 Å². The van der Waals surface area contributed by atoms with E-state index in [0.717, 1.165) is 10.4 Å². The zero-order chi connectivity index (χ0) is 23.2. The number of imide groups is 1. The zero-order valence-corrected chi connectivity index (χ0v) is 18.0. The van der Waals surface area contributed by atoms with Crippen molar-refractivity contribution in [2.75, 3.05) is 10.8 Å². The third-order valence-electron chi connectivity index (χ3n) is 3.97. The van der Waals surface area contributed by atoms with Crippen LogP contribution in [-0.4, -0.2) is 39.0 Å². The molecule has 0 aliphatic rings. The molecule has 0 spiro atoms. The zero-order valence-electron chi connectivity index (χ0n) is 16.4. The molecule has 11 heteroatoms. The number of sulfonamides is 1. The van der Waals surface area contributed by atoms with Crippen molar-refractivity contribution in [3.05, 3.63) is 71.8 Å². The van der Waals surface area contributed by atoms with Gasteiger partial charge in [0.05, 0.1) is 22.7 Å². The number of nitrogens with two attached hydrogens (primary N) is 1. The van der Waals surface area contributed by atoms with Crippen LogP contribution in [0.25, 0.3) is 0 Å². The van der Waals surface area contributed by atoms with Crippen molar-refractivity contribution in [1.29, 1.82) is 0 Å². The third kappa shape index (κ3) is 6.06. The fourth-order valence-electron chi connectivity index (χ4n) is 2.48. The second-order valence-electron chi connectivity index (χ2n) is 6.23. The summed E-state index contributed by atoms with van der Waals surface area (Å²) in [6.07, 6.45) is 0.0927. The van der Waals surface area contributed by atoms with Crippen molar-refractivity contribution in [2.45, 2.75) is 17.9 Å². The van der Waals surface area contributed by atoms with Crippen molar-refractivity contribution in [3.63, 3.8) is 0 Å². The van der Waals surface area contributed by atoms with Crippen molar-refractivity contribution < 1.29 is 27.5 Å². The number of nitrogens with one attached hydrogen (secondary N) is 1. The number of amides is 3. The van der Waals surface area contributed by atoms with Gasteiger partial charge < -0.3 is 10.5 Å². The second-order valence-corrected chi connectivity index (χ2v) is 8.53. The lowest BCUT2D eigenvalue weighted by atomic mass is 10.2. The maximum Gasteiger partial charge on any atom is 0.338 e. The molecule has 0 saturated heterocycles. The van der Waals surface area contributed by atoms with E-state index in [1.807, 2.05) is 0 Å². The van der Waals surface area contributed by atoms with Crippen LogP contribution in [0.5, 0.6) is 0 Å². The molecule has 2 aromatic rings. The second kappa shape index (κ2) is 10.1. The molecule has 1 atom stereocenters. The summed E-state index contributed by atoms with van der Waals surface area (Å²) in [5.41, 5.74) is 5.11. The number of halogens is 1. The van der Waals surface area contributed by atoms with Gasteiger partial charge in [0, 0.05) is 5.02 Å². The Labute approximate surface area is 184 Å². The predicted molar refractivity (Wildman–Crippen MR) is 115 cm³/mol. The monoisotopic (exact) mass is 465 g/mol. The highest BCUT2D eigenvalue weighted by Crippen LogP contribution is 2.26. The predicted octanol–water partition coefficient (Wildman–Crippen LogP) is 2.46. The Balaban J connectivity index is 2.32. The number of esters is 1. The quantitative estimate of drug-likeness (QED) is 0.454. The van der Waals surface area contributed by atoms with Crippen LogP contribution in [0, 0.1) is 0 Å². The number of rotatable bonds is 8. The molecule has 2 aromatic carbocycles. The summed E-state index contributed by atoms with van der Waals surface area (Å²) < 4.78 is 32.5. The van der Waals surface area contributed by atoms with E-state index in [1.54, 1.807) is 29.6 Å². The Morgan fingerprint density at radius 2 is 1.87 bits per heavy atom. The molecule has 0 radical (unpaired) electrons. The number of urea groups is 1. The summed E-state index contributed by atoms with van der Waals surface area (Å²) in [7, 11) is -4.08. The van der Waals surface area contributed by atoms with Crippen LogP contribution < -0.4 is 15.4 Å². The molecule has 164 valence electrons. The molecule has 0 aliphatic carbocycles. The fraction of sp³-hybridized carbons (Fsp3) is 0.150. The number of primary amides is 1. The number of carbonyl (C=O) groups excluding carboxylic acids is 3. The average molecular weight is 466 g/mol. The van der Waals surface area contributed by atoms with Gasteiger partial charge in [-0.1, -0.05) is 23.7 Å². The first-order chi connectivity index (χ1) is 14.6. The molecular formula is C20H20ClN3O6S. The van der Waals surface area contributed by atoms with Crippen LogP contribution in [0.3, 0.4) is 0 Å². The minimum atomic E-state index is -4.08. The summed E-state index contributed by atoms with van der Waals surface area (Å²) in [4.78, 5) is 34.6. The normalized spacial score (nSPS) is 11.8. The lowest BCUT2D eigenvalue weighted by Crippen LogP contribution is -2.42. The van der Waals surface area contributed by atoms with E-state index in [0.29, 0.717) is 10.7 Å². The SMILES string of the molecule is C=CCN(c1ccc(Cl)cc1)S(=O)(=O)c1cccc(C(=O)OC(C)C(=O)NC(N)=O)c1. The van der Waals surface area contributed by atoms with Gasteiger partial charge in [0.25, 0.3) is 15.9 Å². The highest BCUT2D eigenvalue weighted by Gasteiger charge is 2.26. The molecule has 9 nitrogen and oxygen atoms in total. The lowest BCUT2D eigenvalue weighted by molar-refractivity contribution is -0.127. The van der Waals surface area contributed by atoms with E-state index in [9.17, 15) is 22.8 Å². The van der Waals surface area contributed by atoms with Gasteiger partial charge in [-0.05, 0) is 49.4 Å². The number of carbonyl (C=O) groups is 3. The van der Waals surface area contributed by atoms with E-state index in [1.165, 1.54) is 31.2 Å². The summed E-state index contributed by atoms with van der Waals surface area (Å²) in [6.45, 7) is 4.80. The highest BCUT2D eigenvalue weighted by atomic mass is 35.5. The molecule has 0 bridgehead atoms. The van der Waals surface area contributed by atoms with E-state index >= 15 is 0 Å². The molecule has 0 saturated carbocycles. The molecule has 0 aliphatic heterocycles. The maximum atomic E-state index is 13.2. The van der Waals surface area contributed by atoms with Crippen LogP contribution in [0.4, 0.5) is 10.5 Å². The largest absolute Gasteiger partial charge is 0.449 e. The maximum absolute atomic E-state index is 13.2. The smallest absolute Gasteiger partial charge is 0.338 e. The Bertz CT molecular complexity index is 1100. The van der Waals surface area contributed by atoms with Crippen LogP contribution in [-0.2, 0) is 19.6 Å². The van der Waals surface area contributed by atoms with Gasteiger partial charge in [-0.15, -0.1) is 6.58 Å². The standard InChI is InChI=1S/C20H20ClN3O6S/c1-3-11-24(16-9-7-15(21)8-10-16)31(28,29)17-6-4-5-14(12-17)19(26)30-13(2)18(25)23-20(22)27/h3-10,12-13H,1,11H2,2H3,(H3,22,23,25,27). The summed E-state index contributed by atoms with van der Waals surface area (Å²) in [6, 6.07) is 10.2. The topological polar surface area (TPSA) is 136 Å². The number of hydrogen-bond acceptors (Lipinski definition) is 6. The van der Waals surface area contributed by atoms with Crippen molar-refractivity contribution in [2.24, 2.45) is 5.73 Å².